The molecule has 174 valence electrons. The average molecular weight is 519 g/mol. The normalized spacial score (nSPS) is 11.9. The van der Waals surface area contributed by atoms with Gasteiger partial charge in [0.05, 0.1) is 17.5 Å². The van der Waals surface area contributed by atoms with Gasteiger partial charge in [-0.1, -0.05) is 89.5 Å². The van der Waals surface area contributed by atoms with Crippen LogP contribution in [0.2, 0.25) is 0 Å². The van der Waals surface area contributed by atoms with Crippen LogP contribution in [-0.2, 0) is 16.7 Å². The highest BCUT2D eigenvalue weighted by atomic mass is 32.2. The molecule has 0 radical (unpaired) electrons. The zero-order valence-electron chi connectivity index (χ0n) is 17.5. The Morgan fingerprint density at radius 3 is 2.44 bits per heavy atom. The molecule has 0 aliphatic heterocycles. The highest BCUT2D eigenvalue weighted by Crippen LogP contribution is 2.32. The number of hydrazone groups is 1. The van der Waals surface area contributed by atoms with Gasteiger partial charge in [0.2, 0.25) is 0 Å². The van der Waals surface area contributed by atoms with Crippen LogP contribution in [0.25, 0.3) is 10.8 Å². The first-order valence-corrected chi connectivity index (χ1v) is 12.7. The van der Waals surface area contributed by atoms with Crippen molar-refractivity contribution in [1.29, 1.82) is 0 Å². The highest BCUT2D eigenvalue weighted by Gasteiger charge is 2.29. The summed E-state index contributed by atoms with van der Waals surface area (Å²) in [7, 11) is 0. The van der Waals surface area contributed by atoms with Crippen molar-refractivity contribution in [3.63, 3.8) is 0 Å². The van der Waals surface area contributed by atoms with Gasteiger partial charge in [-0.2, -0.15) is 18.3 Å². The van der Waals surface area contributed by atoms with Gasteiger partial charge in [0, 0.05) is 5.75 Å². The molecule has 0 atom stereocenters. The number of carbonyl (C=O) groups excluding carboxylic acids is 1. The first-order chi connectivity index (χ1) is 16.4. The van der Waals surface area contributed by atoms with Crippen LogP contribution in [-0.4, -0.2) is 28.1 Å². The molecule has 4 aromatic rings. The van der Waals surface area contributed by atoms with Crippen LogP contribution in [0.4, 0.5) is 13.2 Å². The molecule has 0 unspecified atom stereocenters. The molecule has 1 N–H and O–H groups in total. The van der Waals surface area contributed by atoms with Crippen molar-refractivity contribution < 1.29 is 18.0 Å². The lowest BCUT2D eigenvalue weighted by Gasteiger charge is -2.05. The van der Waals surface area contributed by atoms with Crippen LogP contribution in [0, 0.1) is 0 Å². The van der Waals surface area contributed by atoms with E-state index in [1.54, 1.807) is 11.8 Å². The molecule has 4 rings (SSSR count). The van der Waals surface area contributed by atoms with E-state index in [0.29, 0.717) is 9.90 Å². The van der Waals surface area contributed by atoms with Crippen LogP contribution < -0.4 is 5.43 Å². The van der Waals surface area contributed by atoms with E-state index in [0.717, 1.165) is 22.2 Å². The number of alkyl halides is 3. The predicted molar refractivity (Wildman–Crippen MR) is 131 cm³/mol. The molecule has 0 saturated carbocycles. The van der Waals surface area contributed by atoms with Gasteiger partial charge >= 0.3 is 6.18 Å². The number of hydrogen-bond donors (Lipinski definition) is 1. The molecule has 1 heterocycles. The zero-order chi connectivity index (χ0) is 24.0. The third kappa shape index (κ3) is 6.58. The number of carbonyl (C=O) groups is 1. The van der Waals surface area contributed by atoms with Crippen molar-refractivity contribution in [2.75, 3.05) is 5.75 Å². The number of rotatable bonds is 8. The summed E-state index contributed by atoms with van der Waals surface area (Å²) in [6.07, 6.45) is -3.10. The van der Waals surface area contributed by atoms with Crippen LogP contribution >= 0.6 is 34.9 Å². The molecular weight excluding hydrogens is 501 g/mol. The molecule has 3 aromatic carbocycles. The van der Waals surface area contributed by atoms with Crippen LogP contribution in [0.3, 0.4) is 0 Å². The quantitative estimate of drug-likeness (QED) is 0.170. The van der Waals surface area contributed by atoms with Crippen LogP contribution in [0.5, 0.6) is 0 Å². The largest absolute Gasteiger partial charge is 0.416 e. The molecule has 0 spiro atoms. The molecule has 5 nitrogen and oxygen atoms in total. The molecule has 34 heavy (non-hydrogen) atoms. The average Bonchev–Trinajstić information content (AvgIpc) is 3.29. The summed E-state index contributed by atoms with van der Waals surface area (Å²) in [5, 5.41) is 14.5. The maximum Gasteiger partial charge on any atom is 0.416 e. The van der Waals surface area contributed by atoms with E-state index in [9.17, 15) is 18.0 Å². The van der Waals surface area contributed by atoms with E-state index in [1.807, 2.05) is 18.2 Å². The second kappa shape index (κ2) is 11.0. The van der Waals surface area contributed by atoms with E-state index in [4.69, 9.17) is 0 Å². The Morgan fingerprint density at radius 2 is 1.68 bits per heavy atom. The summed E-state index contributed by atoms with van der Waals surface area (Å²) >= 11 is 4.26. The Morgan fingerprint density at radius 1 is 0.971 bits per heavy atom. The molecular formula is C23H17F3N4OS3. The van der Waals surface area contributed by atoms with E-state index < -0.39 is 11.7 Å². The SMILES string of the molecule is O=C(CSc1nnc(SCc2cccc3ccccc23)s1)NN=Cc1ccc(C(F)(F)F)cc1. The third-order valence-corrected chi connectivity index (χ3v) is 7.83. The second-order valence-corrected chi connectivity index (χ2v) is 10.4. The highest BCUT2D eigenvalue weighted by molar-refractivity contribution is 8.03. The van der Waals surface area contributed by atoms with Crippen LogP contribution in [0.1, 0.15) is 16.7 Å². The maximum atomic E-state index is 12.6. The number of hydrogen-bond acceptors (Lipinski definition) is 7. The van der Waals surface area contributed by atoms with E-state index >= 15 is 0 Å². The van der Waals surface area contributed by atoms with Crippen molar-refractivity contribution in [2.24, 2.45) is 5.10 Å². The van der Waals surface area contributed by atoms with E-state index in [-0.39, 0.29) is 11.7 Å². The van der Waals surface area contributed by atoms with Crippen molar-refractivity contribution in [2.45, 2.75) is 20.6 Å². The number of thioether (sulfide) groups is 2. The summed E-state index contributed by atoms with van der Waals surface area (Å²) in [5.41, 5.74) is 3.28. The van der Waals surface area contributed by atoms with Crippen LogP contribution in [0.15, 0.2) is 80.5 Å². The molecule has 0 bridgehead atoms. The lowest BCUT2D eigenvalue weighted by Crippen LogP contribution is -2.19. The molecule has 11 heteroatoms. The fraction of sp³-hybridized carbons (Fsp3) is 0.130. The summed E-state index contributed by atoms with van der Waals surface area (Å²) in [5.74, 6) is 0.501. The summed E-state index contributed by atoms with van der Waals surface area (Å²) < 4.78 is 39.2. The Bertz CT molecular complexity index is 1300. The lowest BCUT2D eigenvalue weighted by molar-refractivity contribution is -0.137. The Kier molecular flexibility index (Phi) is 7.86. The summed E-state index contributed by atoms with van der Waals surface area (Å²) in [4.78, 5) is 12.0. The monoisotopic (exact) mass is 518 g/mol. The van der Waals surface area contributed by atoms with E-state index in [2.05, 4.69) is 45.0 Å². The molecule has 0 aliphatic carbocycles. The maximum absolute atomic E-state index is 12.6. The van der Waals surface area contributed by atoms with Crippen molar-refractivity contribution in [1.82, 2.24) is 15.6 Å². The standard InChI is InChI=1S/C23H17F3N4OS3/c24-23(25,26)18-10-8-15(9-11-18)12-27-28-20(31)14-33-22-30-29-21(34-22)32-13-17-6-3-5-16-4-1-2-7-19(16)17/h1-12H,13-14H2,(H,28,31). The number of halogens is 3. The van der Waals surface area contributed by atoms with Gasteiger partial charge in [-0.3, -0.25) is 4.79 Å². The van der Waals surface area contributed by atoms with E-state index in [1.165, 1.54) is 57.8 Å². The summed E-state index contributed by atoms with van der Waals surface area (Å²) in [6, 6.07) is 18.9. The number of nitrogens with zero attached hydrogens (tertiary/aromatic N) is 3. The number of benzene rings is 3. The Balaban J connectivity index is 1.23. The van der Waals surface area contributed by atoms with Crippen molar-refractivity contribution >= 4 is 57.8 Å². The van der Waals surface area contributed by atoms with Crippen molar-refractivity contribution in [3.05, 3.63) is 83.4 Å². The Labute approximate surface area is 205 Å². The number of amides is 1. The topological polar surface area (TPSA) is 67.2 Å². The number of nitrogens with one attached hydrogen (secondary N) is 1. The summed E-state index contributed by atoms with van der Waals surface area (Å²) in [6.45, 7) is 0. The molecule has 0 aliphatic rings. The molecule has 0 saturated heterocycles. The van der Waals surface area contributed by atoms with Gasteiger partial charge in [-0.05, 0) is 34.0 Å². The van der Waals surface area contributed by atoms with Gasteiger partial charge in [-0.15, -0.1) is 10.2 Å². The van der Waals surface area contributed by atoms with Gasteiger partial charge in [0.15, 0.2) is 8.68 Å². The minimum absolute atomic E-state index is 0.0903. The van der Waals surface area contributed by atoms with Gasteiger partial charge in [0.25, 0.3) is 5.91 Å². The van der Waals surface area contributed by atoms with Crippen molar-refractivity contribution in [3.8, 4) is 0 Å². The molecule has 0 fully saturated rings. The Hall–Kier alpha value is -2.89. The second-order valence-electron chi connectivity index (χ2n) is 6.96. The smallest absolute Gasteiger partial charge is 0.272 e. The van der Waals surface area contributed by atoms with Gasteiger partial charge in [-0.25, -0.2) is 5.43 Å². The predicted octanol–water partition coefficient (Wildman–Crippen LogP) is 6.24. The fourth-order valence-electron chi connectivity index (χ4n) is 2.97. The van der Waals surface area contributed by atoms with Gasteiger partial charge in [0.1, 0.15) is 0 Å². The molecule has 1 aromatic heterocycles. The zero-order valence-corrected chi connectivity index (χ0v) is 19.9. The number of fused-ring (bicyclic) bond motifs is 1. The van der Waals surface area contributed by atoms with Gasteiger partial charge < -0.3 is 0 Å². The fourth-order valence-corrected chi connectivity index (χ4v) is 5.78. The minimum Gasteiger partial charge on any atom is -0.272 e. The third-order valence-electron chi connectivity index (χ3n) is 4.59. The minimum atomic E-state index is -4.39. The first kappa shape index (κ1) is 24.2. The lowest BCUT2D eigenvalue weighted by atomic mass is 10.1. The first-order valence-electron chi connectivity index (χ1n) is 9.93. The number of aromatic nitrogens is 2. The molecule has 1 amide bonds.